The molecule has 0 aliphatic carbocycles. The van der Waals surface area contributed by atoms with E-state index in [1.54, 1.807) is 12.1 Å². The van der Waals surface area contributed by atoms with Gasteiger partial charge in [0.15, 0.2) is 0 Å². The van der Waals surface area contributed by atoms with Crippen LogP contribution in [0.1, 0.15) is 6.42 Å². The Morgan fingerprint density at radius 1 is 1.56 bits per heavy atom. The summed E-state index contributed by atoms with van der Waals surface area (Å²) in [6, 6.07) is 4.81. The van der Waals surface area contributed by atoms with Crippen molar-refractivity contribution in [1.82, 2.24) is 5.32 Å². The van der Waals surface area contributed by atoms with Crippen LogP contribution in [0.5, 0.6) is 5.75 Å². The van der Waals surface area contributed by atoms with Crippen LogP contribution in [0.4, 0.5) is 5.69 Å². The van der Waals surface area contributed by atoms with Gasteiger partial charge in [0.1, 0.15) is 16.3 Å². The summed E-state index contributed by atoms with van der Waals surface area (Å²) in [4.78, 5) is 10.3. The molecule has 1 aromatic carbocycles. The van der Waals surface area contributed by atoms with E-state index in [1.807, 2.05) is 0 Å². The number of benzene rings is 1. The van der Waals surface area contributed by atoms with Crippen molar-refractivity contribution in [3.05, 3.63) is 32.8 Å². The van der Waals surface area contributed by atoms with Crippen LogP contribution in [0.2, 0.25) is 0 Å². The minimum absolute atomic E-state index is 0.0310. The van der Waals surface area contributed by atoms with E-state index in [4.69, 9.17) is 4.74 Å². The van der Waals surface area contributed by atoms with Crippen LogP contribution >= 0.6 is 15.9 Å². The van der Waals surface area contributed by atoms with Gasteiger partial charge in [-0.3, -0.25) is 10.1 Å². The molecule has 1 heterocycles. The quantitative estimate of drug-likeness (QED) is 0.683. The summed E-state index contributed by atoms with van der Waals surface area (Å²) >= 11 is 3.20. The number of nitrogens with one attached hydrogen (secondary N) is 1. The Morgan fingerprint density at radius 3 is 3.00 bits per heavy atom. The molecular formula is C10H11BrN2O3. The van der Waals surface area contributed by atoms with Gasteiger partial charge < -0.3 is 10.1 Å². The van der Waals surface area contributed by atoms with E-state index in [9.17, 15) is 10.1 Å². The number of nitro groups is 1. The van der Waals surface area contributed by atoms with E-state index in [0.29, 0.717) is 10.2 Å². The Balaban J connectivity index is 2.20. The maximum Gasteiger partial charge on any atom is 0.287 e. The van der Waals surface area contributed by atoms with Gasteiger partial charge in [-0.25, -0.2) is 0 Å². The highest BCUT2D eigenvalue weighted by Crippen LogP contribution is 2.34. The highest BCUT2D eigenvalue weighted by Gasteiger charge is 2.20. The third-order valence-corrected chi connectivity index (χ3v) is 3.25. The zero-order valence-electron chi connectivity index (χ0n) is 8.48. The van der Waals surface area contributed by atoms with Crippen LogP contribution in [-0.2, 0) is 0 Å². The van der Waals surface area contributed by atoms with E-state index in [-0.39, 0.29) is 11.8 Å². The first kappa shape index (κ1) is 11.3. The number of hydrogen-bond acceptors (Lipinski definition) is 4. The highest BCUT2D eigenvalue weighted by atomic mass is 79.9. The summed E-state index contributed by atoms with van der Waals surface area (Å²) in [7, 11) is 0. The number of rotatable bonds is 3. The van der Waals surface area contributed by atoms with Crippen LogP contribution < -0.4 is 10.1 Å². The second-order valence-electron chi connectivity index (χ2n) is 3.58. The van der Waals surface area contributed by atoms with E-state index in [1.165, 1.54) is 6.07 Å². The molecule has 1 N–H and O–H groups in total. The van der Waals surface area contributed by atoms with Gasteiger partial charge in [-0.15, -0.1) is 0 Å². The molecule has 2 rings (SSSR count). The number of hydrogen-bond donors (Lipinski definition) is 1. The lowest BCUT2D eigenvalue weighted by Crippen LogP contribution is -2.19. The second kappa shape index (κ2) is 4.80. The van der Waals surface area contributed by atoms with Crippen molar-refractivity contribution in [2.24, 2.45) is 0 Å². The molecule has 0 unspecified atom stereocenters. The first-order valence-electron chi connectivity index (χ1n) is 4.99. The zero-order valence-corrected chi connectivity index (χ0v) is 10.1. The van der Waals surface area contributed by atoms with E-state index in [2.05, 4.69) is 21.2 Å². The fraction of sp³-hybridized carbons (Fsp3) is 0.400. The van der Waals surface area contributed by atoms with Gasteiger partial charge >= 0.3 is 0 Å². The van der Waals surface area contributed by atoms with Crippen molar-refractivity contribution in [3.63, 3.8) is 0 Å². The predicted molar refractivity (Wildman–Crippen MR) is 62.7 cm³/mol. The van der Waals surface area contributed by atoms with Crippen LogP contribution in [0.25, 0.3) is 0 Å². The van der Waals surface area contributed by atoms with Crippen molar-refractivity contribution < 1.29 is 9.66 Å². The molecule has 1 saturated heterocycles. The number of halogens is 1. The number of nitro benzene ring substituents is 1. The van der Waals surface area contributed by atoms with Crippen molar-refractivity contribution in [1.29, 1.82) is 0 Å². The fourth-order valence-electron chi connectivity index (χ4n) is 1.64. The molecule has 0 bridgehead atoms. The average molecular weight is 287 g/mol. The first-order valence-corrected chi connectivity index (χ1v) is 5.78. The topological polar surface area (TPSA) is 64.4 Å². The van der Waals surface area contributed by atoms with Crippen LogP contribution in [0.15, 0.2) is 22.7 Å². The third kappa shape index (κ3) is 2.33. The molecule has 0 spiro atoms. The Bertz CT molecular complexity index is 405. The molecule has 0 radical (unpaired) electrons. The maximum absolute atomic E-state index is 10.7. The van der Waals surface area contributed by atoms with E-state index >= 15 is 0 Å². The molecule has 5 nitrogen and oxygen atoms in total. The molecule has 0 saturated carbocycles. The van der Waals surface area contributed by atoms with E-state index < -0.39 is 4.92 Å². The molecule has 1 atom stereocenters. The lowest BCUT2D eigenvalue weighted by atomic mass is 10.3. The van der Waals surface area contributed by atoms with Gasteiger partial charge in [-0.2, -0.15) is 0 Å². The molecule has 1 aliphatic rings. The molecule has 6 heteroatoms. The van der Waals surface area contributed by atoms with Crippen molar-refractivity contribution >= 4 is 21.6 Å². The minimum atomic E-state index is -0.427. The van der Waals surface area contributed by atoms with E-state index in [0.717, 1.165) is 19.5 Å². The van der Waals surface area contributed by atoms with Gasteiger partial charge in [0, 0.05) is 12.6 Å². The molecule has 0 amide bonds. The summed E-state index contributed by atoms with van der Waals surface area (Å²) in [6.07, 6.45) is 1.02. The average Bonchev–Trinajstić information content (AvgIpc) is 2.73. The second-order valence-corrected chi connectivity index (χ2v) is 4.37. The van der Waals surface area contributed by atoms with Crippen LogP contribution in [0.3, 0.4) is 0 Å². The van der Waals surface area contributed by atoms with Gasteiger partial charge in [-0.05, 0) is 35.0 Å². The highest BCUT2D eigenvalue weighted by molar-refractivity contribution is 9.10. The summed E-state index contributed by atoms with van der Waals surface area (Å²) in [5.41, 5.74) is 0.0310. The van der Waals surface area contributed by atoms with Crippen LogP contribution in [-0.4, -0.2) is 24.1 Å². The summed E-state index contributed by atoms with van der Waals surface area (Å²) in [6.45, 7) is 1.71. The summed E-state index contributed by atoms with van der Waals surface area (Å²) in [5.74, 6) is 0.530. The summed E-state index contributed by atoms with van der Waals surface area (Å²) < 4.78 is 6.09. The van der Waals surface area contributed by atoms with Crippen LogP contribution in [0, 0.1) is 10.1 Å². The first-order chi connectivity index (χ1) is 7.68. The smallest absolute Gasteiger partial charge is 0.287 e. The standard InChI is InChI=1S/C10H11BrN2O3/c11-10-8(13(14)15)2-1-3-9(10)16-7-4-5-12-6-7/h1-3,7,12H,4-6H2/t7-/m1/s1. The molecule has 86 valence electrons. The largest absolute Gasteiger partial charge is 0.488 e. The molecule has 16 heavy (non-hydrogen) atoms. The molecule has 1 aromatic rings. The SMILES string of the molecule is O=[N+]([O-])c1cccc(O[C@@H]2CCNC2)c1Br. The third-order valence-electron chi connectivity index (χ3n) is 2.45. The van der Waals surface area contributed by atoms with Crippen molar-refractivity contribution in [2.45, 2.75) is 12.5 Å². The molecule has 1 fully saturated rings. The lowest BCUT2D eigenvalue weighted by Gasteiger charge is -2.13. The molecule has 0 aromatic heterocycles. The minimum Gasteiger partial charge on any atom is -0.488 e. The Morgan fingerprint density at radius 2 is 2.38 bits per heavy atom. The molecular weight excluding hydrogens is 276 g/mol. The number of ether oxygens (including phenoxy) is 1. The Hall–Kier alpha value is -1.14. The van der Waals surface area contributed by atoms with Gasteiger partial charge in [0.05, 0.1) is 4.92 Å². The lowest BCUT2D eigenvalue weighted by molar-refractivity contribution is -0.385. The van der Waals surface area contributed by atoms with Crippen molar-refractivity contribution in [2.75, 3.05) is 13.1 Å². The van der Waals surface area contributed by atoms with Gasteiger partial charge in [0.25, 0.3) is 5.69 Å². The monoisotopic (exact) mass is 286 g/mol. The zero-order chi connectivity index (χ0) is 11.5. The fourth-order valence-corrected chi connectivity index (χ4v) is 2.14. The Labute approximate surface area is 101 Å². The Kier molecular flexibility index (Phi) is 3.40. The maximum atomic E-state index is 10.7. The summed E-state index contributed by atoms with van der Waals surface area (Å²) in [5, 5.41) is 13.9. The molecule has 1 aliphatic heterocycles. The van der Waals surface area contributed by atoms with Gasteiger partial charge in [0.2, 0.25) is 0 Å². The predicted octanol–water partition coefficient (Wildman–Crippen LogP) is 2.10. The number of nitrogens with zero attached hydrogens (tertiary/aromatic N) is 1. The van der Waals surface area contributed by atoms with Gasteiger partial charge in [-0.1, -0.05) is 6.07 Å². The normalized spacial score (nSPS) is 19.7. The van der Waals surface area contributed by atoms with Crippen molar-refractivity contribution in [3.8, 4) is 5.75 Å².